The summed E-state index contributed by atoms with van der Waals surface area (Å²) in [6, 6.07) is 6.73. The Morgan fingerprint density at radius 1 is 1.56 bits per heavy atom. The minimum absolute atomic E-state index is 0.0332. The number of nitrogens with one attached hydrogen (secondary N) is 1. The van der Waals surface area contributed by atoms with Gasteiger partial charge in [-0.25, -0.2) is 0 Å². The van der Waals surface area contributed by atoms with Crippen molar-refractivity contribution in [3.63, 3.8) is 0 Å². The molecule has 0 bridgehead atoms. The van der Waals surface area contributed by atoms with E-state index in [1.54, 1.807) is 37.2 Å². The van der Waals surface area contributed by atoms with Crippen LogP contribution in [0.3, 0.4) is 0 Å². The van der Waals surface area contributed by atoms with Crippen molar-refractivity contribution >= 4 is 5.91 Å². The quantitative estimate of drug-likeness (QED) is 0.797. The second kappa shape index (κ2) is 5.51. The first-order valence-electron chi connectivity index (χ1n) is 5.24. The zero-order valence-corrected chi connectivity index (χ0v) is 9.90. The average molecular weight is 222 g/mol. The highest BCUT2D eigenvalue weighted by atomic mass is 16.3. The summed E-state index contributed by atoms with van der Waals surface area (Å²) in [5.41, 5.74) is 0.916. The van der Waals surface area contributed by atoms with Crippen LogP contribution in [0.15, 0.2) is 24.3 Å². The topological polar surface area (TPSA) is 52.6 Å². The number of rotatable bonds is 4. The molecule has 1 unspecified atom stereocenters. The molecule has 1 rings (SSSR count). The lowest BCUT2D eigenvalue weighted by atomic mass is 10.2. The normalized spacial score (nSPS) is 12.2. The van der Waals surface area contributed by atoms with Gasteiger partial charge < -0.3 is 15.3 Å². The molecule has 2 N–H and O–H groups in total. The molecule has 0 aliphatic heterocycles. The highest BCUT2D eigenvalue weighted by molar-refractivity contribution is 5.81. The van der Waals surface area contributed by atoms with Crippen molar-refractivity contribution in [2.24, 2.45) is 0 Å². The third-order valence-electron chi connectivity index (χ3n) is 2.51. The second-order valence-electron chi connectivity index (χ2n) is 3.87. The highest BCUT2D eigenvalue weighted by Gasteiger charge is 2.15. The molecule has 88 valence electrons. The summed E-state index contributed by atoms with van der Waals surface area (Å²) in [5, 5.41) is 12.2. The summed E-state index contributed by atoms with van der Waals surface area (Å²) < 4.78 is 0. The van der Waals surface area contributed by atoms with Gasteiger partial charge in [0.25, 0.3) is 0 Å². The summed E-state index contributed by atoms with van der Waals surface area (Å²) in [5.74, 6) is 0.255. The molecule has 0 saturated carbocycles. The lowest BCUT2D eigenvalue weighted by Crippen LogP contribution is -2.41. The summed E-state index contributed by atoms with van der Waals surface area (Å²) >= 11 is 0. The molecule has 4 nitrogen and oxygen atoms in total. The Hall–Kier alpha value is -1.55. The monoisotopic (exact) mass is 222 g/mol. The standard InChI is InChI=1S/C12H18N2O2/c1-9(13-2)12(16)14(3)8-10-5-4-6-11(15)7-10/h4-7,9,13,15H,8H2,1-3H3. The largest absolute Gasteiger partial charge is 0.508 e. The first kappa shape index (κ1) is 12.5. The fourth-order valence-corrected chi connectivity index (χ4v) is 1.46. The van der Waals surface area contributed by atoms with Crippen molar-refractivity contribution in [1.82, 2.24) is 10.2 Å². The van der Waals surface area contributed by atoms with Gasteiger partial charge in [-0.3, -0.25) is 4.79 Å². The molecule has 1 aromatic carbocycles. The molecule has 0 aliphatic rings. The Labute approximate surface area is 95.9 Å². The average Bonchev–Trinajstić information content (AvgIpc) is 2.27. The lowest BCUT2D eigenvalue weighted by molar-refractivity contribution is -0.132. The van der Waals surface area contributed by atoms with E-state index in [1.165, 1.54) is 0 Å². The maximum atomic E-state index is 11.8. The van der Waals surface area contributed by atoms with Gasteiger partial charge in [-0.1, -0.05) is 12.1 Å². The van der Waals surface area contributed by atoms with E-state index in [-0.39, 0.29) is 17.7 Å². The number of nitrogens with zero attached hydrogens (tertiary/aromatic N) is 1. The molecule has 0 saturated heterocycles. The highest BCUT2D eigenvalue weighted by Crippen LogP contribution is 2.12. The number of aromatic hydroxyl groups is 1. The van der Waals surface area contributed by atoms with E-state index >= 15 is 0 Å². The van der Waals surface area contributed by atoms with Crippen molar-refractivity contribution in [1.29, 1.82) is 0 Å². The van der Waals surface area contributed by atoms with Gasteiger partial charge in [0, 0.05) is 13.6 Å². The number of likely N-dealkylation sites (N-methyl/N-ethyl adjacent to an activating group) is 2. The third-order valence-corrected chi connectivity index (χ3v) is 2.51. The molecule has 16 heavy (non-hydrogen) atoms. The van der Waals surface area contributed by atoms with Gasteiger partial charge in [-0.2, -0.15) is 0 Å². The van der Waals surface area contributed by atoms with E-state index in [0.29, 0.717) is 6.54 Å². The summed E-state index contributed by atoms with van der Waals surface area (Å²) in [7, 11) is 3.50. The Balaban J connectivity index is 2.64. The number of amides is 1. The number of carbonyl (C=O) groups excluding carboxylic acids is 1. The first-order valence-corrected chi connectivity index (χ1v) is 5.24. The van der Waals surface area contributed by atoms with Crippen molar-refractivity contribution < 1.29 is 9.90 Å². The van der Waals surface area contributed by atoms with Crippen molar-refractivity contribution in [3.05, 3.63) is 29.8 Å². The van der Waals surface area contributed by atoms with Crippen molar-refractivity contribution in [2.45, 2.75) is 19.5 Å². The first-order chi connectivity index (χ1) is 7.54. The van der Waals surface area contributed by atoms with E-state index in [4.69, 9.17) is 0 Å². The van der Waals surface area contributed by atoms with E-state index in [2.05, 4.69) is 5.32 Å². The molecule has 0 fully saturated rings. The van der Waals surface area contributed by atoms with Crippen LogP contribution >= 0.6 is 0 Å². The molecule has 0 radical (unpaired) electrons. The number of benzene rings is 1. The minimum Gasteiger partial charge on any atom is -0.508 e. The SMILES string of the molecule is CNC(C)C(=O)N(C)Cc1cccc(O)c1. The predicted octanol–water partition coefficient (Wildman–Crippen LogP) is 0.958. The number of phenols is 1. The number of phenolic OH excluding ortho intramolecular Hbond substituents is 1. The maximum absolute atomic E-state index is 11.8. The molecule has 4 heteroatoms. The van der Waals surface area contributed by atoms with E-state index in [9.17, 15) is 9.90 Å². The van der Waals surface area contributed by atoms with Gasteiger partial charge in [0.2, 0.25) is 5.91 Å². The summed E-state index contributed by atoms with van der Waals surface area (Å²) in [6.45, 7) is 2.32. The molecule has 1 aromatic rings. The smallest absolute Gasteiger partial charge is 0.239 e. The van der Waals surface area contributed by atoms with Crippen molar-refractivity contribution in [3.8, 4) is 5.75 Å². The Morgan fingerprint density at radius 3 is 2.81 bits per heavy atom. The van der Waals surface area contributed by atoms with Crippen LogP contribution < -0.4 is 5.32 Å². The molecular weight excluding hydrogens is 204 g/mol. The van der Waals surface area contributed by atoms with Crippen LogP contribution in [0, 0.1) is 0 Å². The maximum Gasteiger partial charge on any atom is 0.239 e. The zero-order chi connectivity index (χ0) is 12.1. The molecule has 1 amide bonds. The lowest BCUT2D eigenvalue weighted by Gasteiger charge is -2.21. The van der Waals surface area contributed by atoms with Crippen LogP contribution in [0.1, 0.15) is 12.5 Å². The fourth-order valence-electron chi connectivity index (χ4n) is 1.46. The predicted molar refractivity (Wildman–Crippen MR) is 63.1 cm³/mol. The molecule has 0 heterocycles. The third kappa shape index (κ3) is 3.24. The van der Waals surface area contributed by atoms with Crippen LogP contribution in [0.25, 0.3) is 0 Å². The van der Waals surface area contributed by atoms with E-state index in [1.807, 2.05) is 13.0 Å². The van der Waals surface area contributed by atoms with Crippen LogP contribution in [-0.2, 0) is 11.3 Å². The van der Waals surface area contributed by atoms with E-state index in [0.717, 1.165) is 5.56 Å². The van der Waals surface area contributed by atoms with Crippen LogP contribution in [0.2, 0.25) is 0 Å². The number of hydrogen-bond donors (Lipinski definition) is 2. The fraction of sp³-hybridized carbons (Fsp3) is 0.417. The second-order valence-corrected chi connectivity index (χ2v) is 3.87. The minimum atomic E-state index is -0.192. The molecule has 0 spiro atoms. The zero-order valence-electron chi connectivity index (χ0n) is 9.90. The summed E-state index contributed by atoms with van der Waals surface area (Å²) in [4.78, 5) is 13.4. The van der Waals surface area contributed by atoms with Crippen LogP contribution in [0.5, 0.6) is 5.75 Å². The number of hydrogen-bond acceptors (Lipinski definition) is 3. The molecule has 0 aromatic heterocycles. The number of carbonyl (C=O) groups is 1. The van der Waals surface area contributed by atoms with Gasteiger partial charge >= 0.3 is 0 Å². The van der Waals surface area contributed by atoms with Gasteiger partial charge in [0.05, 0.1) is 6.04 Å². The van der Waals surface area contributed by atoms with Gasteiger partial charge in [0.1, 0.15) is 5.75 Å². The van der Waals surface area contributed by atoms with E-state index < -0.39 is 0 Å². The van der Waals surface area contributed by atoms with Crippen molar-refractivity contribution in [2.75, 3.05) is 14.1 Å². The van der Waals surface area contributed by atoms with Crippen LogP contribution in [0.4, 0.5) is 0 Å². The Bertz CT molecular complexity index is 366. The molecule has 0 aliphatic carbocycles. The van der Waals surface area contributed by atoms with Gasteiger partial charge in [-0.05, 0) is 31.7 Å². The van der Waals surface area contributed by atoms with Gasteiger partial charge in [-0.15, -0.1) is 0 Å². The summed E-state index contributed by atoms with van der Waals surface area (Å²) in [6.07, 6.45) is 0. The molecular formula is C12H18N2O2. The van der Waals surface area contributed by atoms with Gasteiger partial charge in [0.15, 0.2) is 0 Å². The Kier molecular flexibility index (Phi) is 4.31. The Morgan fingerprint density at radius 2 is 2.25 bits per heavy atom. The van der Waals surface area contributed by atoms with Crippen LogP contribution in [-0.4, -0.2) is 36.1 Å². The molecule has 1 atom stereocenters.